The molecule has 0 unspecified atom stereocenters. The van der Waals surface area contributed by atoms with Gasteiger partial charge in [-0.2, -0.15) is 0 Å². The van der Waals surface area contributed by atoms with E-state index in [1.165, 1.54) is 13.0 Å². The summed E-state index contributed by atoms with van der Waals surface area (Å²) in [5.74, 6) is 0. The summed E-state index contributed by atoms with van der Waals surface area (Å²) in [6.45, 7) is 0.393. The largest absolute Gasteiger partial charge is 0.394 e. The summed E-state index contributed by atoms with van der Waals surface area (Å²) in [5.41, 5.74) is 5.60. The van der Waals surface area contributed by atoms with Gasteiger partial charge >= 0.3 is 0 Å². The highest BCUT2D eigenvalue weighted by molar-refractivity contribution is 5.16. The SMILES string of the molecule is C/C(=C\[C@H]1O[C@@H](OCCN)[C@H](O)[C@@H](O)[C@@H]1O)[C@@H]1O[C@H](CO[C@@H]2O[C@H](CO)[C@@H](O)[C@H](O)[C@H]2O)[C@@H](O)[C@H](O)[C@H]1O. The average Bonchev–Trinajstić information content (AvgIpc) is 2.90. The molecule has 16 nitrogen and oxygen atoms in total. The van der Waals surface area contributed by atoms with Crippen LogP contribution in [0.15, 0.2) is 11.6 Å². The Morgan fingerprint density at radius 2 is 1.24 bits per heavy atom. The highest BCUT2D eigenvalue weighted by Gasteiger charge is 2.48. The topological polar surface area (TPSA) is 274 Å². The zero-order valence-corrected chi connectivity index (χ0v) is 20.7. The molecule has 222 valence electrons. The lowest BCUT2D eigenvalue weighted by Gasteiger charge is -2.43. The number of hydrogen-bond donors (Lipinski definition) is 11. The quantitative estimate of drug-likeness (QED) is 0.118. The van der Waals surface area contributed by atoms with Gasteiger partial charge in [-0.1, -0.05) is 6.08 Å². The summed E-state index contributed by atoms with van der Waals surface area (Å²) in [6, 6.07) is 0. The first kappa shape index (κ1) is 31.6. The van der Waals surface area contributed by atoms with Gasteiger partial charge in [-0.3, -0.25) is 0 Å². The predicted molar refractivity (Wildman–Crippen MR) is 122 cm³/mol. The van der Waals surface area contributed by atoms with Crippen LogP contribution < -0.4 is 5.73 Å². The summed E-state index contributed by atoms with van der Waals surface area (Å²) >= 11 is 0. The molecule has 3 fully saturated rings. The van der Waals surface area contributed by atoms with Crippen LogP contribution in [0.5, 0.6) is 0 Å². The van der Waals surface area contributed by atoms with Gasteiger partial charge < -0.3 is 80.5 Å². The van der Waals surface area contributed by atoms with Crippen molar-refractivity contribution in [1.82, 2.24) is 0 Å². The van der Waals surface area contributed by atoms with E-state index in [0.29, 0.717) is 0 Å². The number of ether oxygens (including phenoxy) is 5. The maximum absolute atomic E-state index is 10.5. The first-order valence-electron chi connectivity index (χ1n) is 12.2. The van der Waals surface area contributed by atoms with Gasteiger partial charge in [0.2, 0.25) is 0 Å². The molecule has 0 aromatic rings. The molecule has 12 N–H and O–H groups in total. The molecule has 0 aliphatic carbocycles. The Balaban J connectivity index is 1.70. The van der Waals surface area contributed by atoms with Gasteiger partial charge in [-0.15, -0.1) is 0 Å². The van der Waals surface area contributed by atoms with Gasteiger partial charge in [-0.25, -0.2) is 0 Å². The van der Waals surface area contributed by atoms with Gasteiger partial charge in [-0.05, 0) is 12.5 Å². The van der Waals surface area contributed by atoms with Gasteiger partial charge in [0, 0.05) is 6.54 Å². The Labute approximate surface area is 218 Å². The van der Waals surface area contributed by atoms with Crippen molar-refractivity contribution in [2.24, 2.45) is 5.73 Å². The molecule has 0 radical (unpaired) electrons. The molecule has 15 atom stereocenters. The number of hydrogen-bond acceptors (Lipinski definition) is 16. The van der Waals surface area contributed by atoms with Crippen LogP contribution in [0.25, 0.3) is 0 Å². The molecule has 3 heterocycles. The Bertz CT molecular complexity index is 773. The lowest BCUT2D eigenvalue weighted by molar-refractivity contribution is -0.313. The molecule has 3 aliphatic heterocycles. The van der Waals surface area contributed by atoms with Gasteiger partial charge in [0.05, 0.1) is 19.8 Å². The molecule has 3 aliphatic rings. The fraction of sp³-hybridized carbons (Fsp3) is 0.909. The van der Waals surface area contributed by atoms with E-state index >= 15 is 0 Å². The van der Waals surface area contributed by atoms with Crippen LogP contribution >= 0.6 is 0 Å². The molecule has 38 heavy (non-hydrogen) atoms. The summed E-state index contributed by atoms with van der Waals surface area (Å²) in [6.07, 6.45) is -21.3. The van der Waals surface area contributed by atoms with Crippen LogP contribution in [0.3, 0.4) is 0 Å². The average molecular weight is 558 g/mol. The van der Waals surface area contributed by atoms with E-state index in [9.17, 15) is 51.1 Å². The fourth-order valence-electron chi connectivity index (χ4n) is 4.55. The molecule has 0 spiro atoms. The zero-order valence-electron chi connectivity index (χ0n) is 20.7. The van der Waals surface area contributed by atoms with Gasteiger partial charge in [0.25, 0.3) is 0 Å². The third-order valence-electron chi connectivity index (χ3n) is 6.87. The van der Waals surface area contributed by atoms with Crippen LogP contribution in [-0.2, 0) is 23.7 Å². The van der Waals surface area contributed by atoms with Crippen molar-refractivity contribution < 1.29 is 74.7 Å². The third kappa shape index (κ3) is 6.69. The standard InChI is InChI=1S/C22H39NO15/c1-7(4-8-11(25)15(29)18(32)21(37-8)34-3-2-23)20-17(31)14(28)13(27)10(36-20)6-35-22-19(33)16(30)12(26)9(5-24)38-22/h4,8-22,24-33H,2-3,5-6,23H2,1H3/b7-4+/t8-,9-,10-,11-,12-,13-,14+,15+,16+,17-,18-,19-,20+,21-,22-/m1/s1. The monoisotopic (exact) mass is 557 g/mol. The molecule has 0 amide bonds. The van der Waals surface area contributed by atoms with E-state index in [0.717, 1.165) is 0 Å². The second-order valence-corrected chi connectivity index (χ2v) is 9.61. The molecule has 0 saturated carbocycles. The summed E-state index contributed by atoms with van der Waals surface area (Å²) in [7, 11) is 0. The smallest absolute Gasteiger partial charge is 0.186 e. The summed E-state index contributed by atoms with van der Waals surface area (Å²) < 4.78 is 27.2. The van der Waals surface area contributed by atoms with E-state index in [4.69, 9.17) is 29.4 Å². The second kappa shape index (κ2) is 13.6. The fourth-order valence-corrected chi connectivity index (χ4v) is 4.55. The lowest BCUT2D eigenvalue weighted by Crippen LogP contribution is -2.61. The summed E-state index contributed by atoms with van der Waals surface area (Å²) in [5, 5.41) is 101. The summed E-state index contributed by atoms with van der Waals surface area (Å²) in [4.78, 5) is 0. The van der Waals surface area contributed by atoms with Gasteiger partial charge in [0.1, 0.15) is 79.4 Å². The number of aliphatic hydroxyl groups excluding tert-OH is 10. The highest BCUT2D eigenvalue weighted by Crippen LogP contribution is 2.30. The number of nitrogens with two attached hydrogens (primary N) is 1. The molecular formula is C22H39NO15. The third-order valence-corrected chi connectivity index (χ3v) is 6.87. The van der Waals surface area contributed by atoms with Crippen molar-refractivity contribution in [3.8, 4) is 0 Å². The predicted octanol–water partition coefficient (Wildman–Crippen LogP) is -6.62. The van der Waals surface area contributed by atoms with Crippen molar-refractivity contribution in [2.45, 2.75) is 98.9 Å². The van der Waals surface area contributed by atoms with Crippen LogP contribution in [0.4, 0.5) is 0 Å². The molecule has 0 aromatic carbocycles. The van der Waals surface area contributed by atoms with E-state index in [-0.39, 0.29) is 18.7 Å². The Kier molecular flexibility index (Phi) is 11.4. The van der Waals surface area contributed by atoms with E-state index in [1.54, 1.807) is 0 Å². The van der Waals surface area contributed by atoms with E-state index in [1.807, 2.05) is 0 Å². The Morgan fingerprint density at radius 1 is 0.684 bits per heavy atom. The minimum absolute atomic E-state index is 0.00458. The maximum atomic E-state index is 10.5. The first-order valence-corrected chi connectivity index (χ1v) is 12.2. The number of rotatable bonds is 9. The molecule has 3 saturated heterocycles. The molecule has 0 bridgehead atoms. The zero-order chi connectivity index (χ0) is 28.3. The Hall–Kier alpha value is -0.900. The molecule has 16 heteroatoms. The normalized spacial score (nSPS) is 48.7. The second-order valence-electron chi connectivity index (χ2n) is 9.61. The van der Waals surface area contributed by atoms with E-state index < -0.39 is 105 Å². The highest BCUT2D eigenvalue weighted by atomic mass is 16.7. The van der Waals surface area contributed by atoms with Crippen molar-refractivity contribution >= 4 is 0 Å². The van der Waals surface area contributed by atoms with Crippen molar-refractivity contribution in [3.05, 3.63) is 11.6 Å². The van der Waals surface area contributed by atoms with Crippen LogP contribution in [-0.4, -0.2) is 169 Å². The Morgan fingerprint density at radius 3 is 1.84 bits per heavy atom. The first-order chi connectivity index (χ1) is 17.9. The van der Waals surface area contributed by atoms with E-state index in [2.05, 4.69) is 0 Å². The van der Waals surface area contributed by atoms with Crippen LogP contribution in [0.1, 0.15) is 6.92 Å². The van der Waals surface area contributed by atoms with Crippen molar-refractivity contribution in [3.63, 3.8) is 0 Å². The van der Waals surface area contributed by atoms with Crippen LogP contribution in [0, 0.1) is 0 Å². The van der Waals surface area contributed by atoms with Gasteiger partial charge in [0.15, 0.2) is 12.6 Å². The van der Waals surface area contributed by atoms with Crippen LogP contribution in [0.2, 0.25) is 0 Å². The molecular weight excluding hydrogens is 518 g/mol. The lowest BCUT2D eigenvalue weighted by atomic mass is 9.89. The molecule has 3 rings (SSSR count). The minimum atomic E-state index is -1.72. The number of aliphatic hydroxyl groups is 10. The van der Waals surface area contributed by atoms with Crippen molar-refractivity contribution in [1.29, 1.82) is 0 Å². The van der Waals surface area contributed by atoms with Crippen molar-refractivity contribution in [2.75, 3.05) is 26.4 Å². The molecule has 0 aromatic heterocycles. The maximum Gasteiger partial charge on any atom is 0.186 e. The minimum Gasteiger partial charge on any atom is -0.394 e.